The summed E-state index contributed by atoms with van der Waals surface area (Å²) in [6.07, 6.45) is 0.822. The molecule has 1 fully saturated rings. The van der Waals surface area contributed by atoms with E-state index in [1.54, 1.807) is 0 Å². The van der Waals surface area contributed by atoms with Crippen LogP contribution in [0, 0.1) is 5.41 Å². The molecule has 1 aliphatic heterocycles. The van der Waals surface area contributed by atoms with E-state index < -0.39 is 0 Å². The first kappa shape index (κ1) is 13.6. The van der Waals surface area contributed by atoms with E-state index in [2.05, 4.69) is 0 Å². The Morgan fingerprint density at radius 2 is 1.47 bits per heavy atom. The fourth-order valence-corrected chi connectivity index (χ4v) is 2.37. The van der Waals surface area contributed by atoms with Crippen LogP contribution in [0.5, 0.6) is 0 Å². The number of rotatable bonds is 2. The van der Waals surface area contributed by atoms with Gasteiger partial charge >= 0.3 is 0 Å². The van der Waals surface area contributed by atoms with Gasteiger partial charge in [0, 0.05) is 32.6 Å². The lowest BCUT2D eigenvalue weighted by molar-refractivity contribution is -0.132. The van der Waals surface area contributed by atoms with E-state index in [1.807, 2.05) is 57.1 Å². The molecule has 1 aromatic rings. The molecule has 2 amide bonds. The number of carbonyl (C=O) groups excluding carboxylic acids is 2. The Morgan fingerprint density at radius 3 is 1.89 bits per heavy atom. The van der Waals surface area contributed by atoms with Crippen LogP contribution in [0.1, 0.15) is 26.7 Å². The third-order valence-electron chi connectivity index (χ3n) is 3.38. The van der Waals surface area contributed by atoms with Crippen LogP contribution < -0.4 is 9.80 Å². The summed E-state index contributed by atoms with van der Waals surface area (Å²) in [6.45, 7) is 3.91. The molecule has 1 heterocycles. The number of anilines is 2. The minimum Gasteiger partial charge on any atom is -0.378 e. The quantitative estimate of drug-likeness (QED) is 0.767. The van der Waals surface area contributed by atoms with E-state index in [0.29, 0.717) is 18.5 Å². The highest BCUT2D eigenvalue weighted by Crippen LogP contribution is 2.34. The van der Waals surface area contributed by atoms with Crippen molar-refractivity contribution in [2.75, 3.05) is 23.9 Å². The van der Waals surface area contributed by atoms with Crippen LogP contribution in [0.15, 0.2) is 24.3 Å². The molecule has 0 aliphatic carbocycles. The number of benzene rings is 1. The Hall–Kier alpha value is -1.84. The van der Waals surface area contributed by atoms with Gasteiger partial charge in [0.05, 0.1) is 5.69 Å². The molecule has 0 atom stereocenters. The van der Waals surface area contributed by atoms with Gasteiger partial charge in [-0.1, -0.05) is 13.8 Å². The van der Waals surface area contributed by atoms with Crippen molar-refractivity contribution in [3.8, 4) is 0 Å². The molecular formula is C15H20N2O2. The zero-order valence-electron chi connectivity index (χ0n) is 11.9. The number of amides is 2. The predicted molar refractivity (Wildman–Crippen MR) is 76.3 cm³/mol. The molecule has 4 nitrogen and oxygen atoms in total. The summed E-state index contributed by atoms with van der Waals surface area (Å²) in [7, 11) is 3.91. The zero-order chi connectivity index (χ0) is 14.2. The standard InChI is InChI=1S/C15H20N2O2/c1-15(2)9-13(18)17(14(19)10-15)12-7-5-11(6-8-12)16(3)4/h5-8H,9-10H2,1-4H3. The summed E-state index contributed by atoms with van der Waals surface area (Å²) in [5, 5.41) is 0. The molecule has 0 unspecified atom stereocenters. The van der Waals surface area contributed by atoms with Crippen molar-refractivity contribution < 1.29 is 9.59 Å². The largest absolute Gasteiger partial charge is 0.378 e. The molecule has 102 valence electrons. The Kier molecular flexibility index (Phi) is 3.35. The van der Waals surface area contributed by atoms with Gasteiger partial charge in [0.15, 0.2) is 0 Å². The number of hydrogen-bond acceptors (Lipinski definition) is 3. The number of piperidine rings is 1. The predicted octanol–water partition coefficient (Wildman–Crippen LogP) is 2.43. The Bertz CT molecular complexity index is 483. The molecule has 1 aromatic carbocycles. The van der Waals surface area contributed by atoms with Crippen LogP contribution in [-0.4, -0.2) is 25.9 Å². The van der Waals surface area contributed by atoms with E-state index >= 15 is 0 Å². The Balaban J connectivity index is 2.26. The third-order valence-corrected chi connectivity index (χ3v) is 3.38. The van der Waals surface area contributed by atoms with Gasteiger partial charge in [-0.25, -0.2) is 0 Å². The molecule has 0 aromatic heterocycles. The van der Waals surface area contributed by atoms with E-state index in [1.165, 1.54) is 4.90 Å². The first-order valence-corrected chi connectivity index (χ1v) is 6.43. The summed E-state index contributed by atoms with van der Waals surface area (Å²) in [5.41, 5.74) is 1.48. The summed E-state index contributed by atoms with van der Waals surface area (Å²) in [6, 6.07) is 7.47. The molecule has 0 N–H and O–H groups in total. The molecule has 2 rings (SSSR count). The number of carbonyl (C=O) groups is 2. The Morgan fingerprint density at radius 1 is 1.00 bits per heavy atom. The van der Waals surface area contributed by atoms with Gasteiger partial charge in [0.2, 0.25) is 11.8 Å². The smallest absolute Gasteiger partial charge is 0.234 e. The second kappa shape index (κ2) is 4.68. The van der Waals surface area contributed by atoms with Crippen LogP contribution >= 0.6 is 0 Å². The maximum absolute atomic E-state index is 12.1. The van der Waals surface area contributed by atoms with Crippen molar-refractivity contribution in [1.29, 1.82) is 0 Å². The van der Waals surface area contributed by atoms with Gasteiger partial charge in [0.1, 0.15) is 0 Å². The lowest BCUT2D eigenvalue weighted by Gasteiger charge is -2.34. The summed E-state index contributed by atoms with van der Waals surface area (Å²) < 4.78 is 0. The van der Waals surface area contributed by atoms with Crippen molar-refractivity contribution in [2.45, 2.75) is 26.7 Å². The fourth-order valence-electron chi connectivity index (χ4n) is 2.37. The lowest BCUT2D eigenvalue weighted by atomic mass is 9.81. The maximum atomic E-state index is 12.1. The summed E-state index contributed by atoms with van der Waals surface area (Å²) in [4.78, 5) is 27.6. The van der Waals surface area contributed by atoms with Crippen LogP contribution in [0.3, 0.4) is 0 Å². The number of nitrogens with zero attached hydrogens (tertiary/aromatic N) is 2. The average molecular weight is 260 g/mol. The van der Waals surface area contributed by atoms with Crippen molar-refractivity contribution in [2.24, 2.45) is 5.41 Å². The highest BCUT2D eigenvalue weighted by atomic mass is 16.2. The van der Waals surface area contributed by atoms with Gasteiger partial charge < -0.3 is 4.90 Å². The average Bonchev–Trinajstić information content (AvgIpc) is 2.26. The van der Waals surface area contributed by atoms with E-state index in [0.717, 1.165) is 5.69 Å². The van der Waals surface area contributed by atoms with Crippen LogP contribution in [0.25, 0.3) is 0 Å². The summed E-state index contributed by atoms with van der Waals surface area (Å²) in [5.74, 6) is -0.224. The molecule has 1 saturated heterocycles. The topological polar surface area (TPSA) is 40.6 Å². The molecule has 1 aliphatic rings. The highest BCUT2D eigenvalue weighted by Gasteiger charge is 2.38. The lowest BCUT2D eigenvalue weighted by Crippen LogP contribution is -2.46. The van der Waals surface area contributed by atoms with Crippen molar-refractivity contribution >= 4 is 23.2 Å². The third kappa shape index (κ3) is 2.78. The van der Waals surface area contributed by atoms with E-state index in [-0.39, 0.29) is 17.2 Å². The fraction of sp³-hybridized carbons (Fsp3) is 0.467. The van der Waals surface area contributed by atoms with Crippen molar-refractivity contribution in [3.05, 3.63) is 24.3 Å². The van der Waals surface area contributed by atoms with Gasteiger partial charge in [0.25, 0.3) is 0 Å². The summed E-state index contributed by atoms with van der Waals surface area (Å²) >= 11 is 0. The second-order valence-corrected chi connectivity index (χ2v) is 6.05. The first-order valence-electron chi connectivity index (χ1n) is 6.43. The molecule has 0 saturated carbocycles. The molecule has 0 radical (unpaired) electrons. The number of imide groups is 1. The SMILES string of the molecule is CN(C)c1ccc(N2C(=O)CC(C)(C)CC2=O)cc1. The molecule has 0 bridgehead atoms. The zero-order valence-corrected chi connectivity index (χ0v) is 11.9. The minimum atomic E-state index is -0.228. The van der Waals surface area contributed by atoms with Gasteiger partial charge in [-0.05, 0) is 29.7 Å². The normalized spacial score (nSPS) is 18.6. The molecular weight excluding hydrogens is 240 g/mol. The van der Waals surface area contributed by atoms with Gasteiger partial charge in [-0.3, -0.25) is 14.5 Å². The highest BCUT2D eigenvalue weighted by molar-refractivity contribution is 6.16. The monoisotopic (exact) mass is 260 g/mol. The molecule has 4 heteroatoms. The molecule has 19 heavy (non-hydrogen) atoms. The van der Waals surface area contributed by atoms with Crippen molar-refractivity contribution in [3.63, 3.8) is 0 Å². The number of hydrogen-bond donors (Lipinski definition) is 0. The molecule has 0 spiro atoms. The van der Waals surface area contributed by atoms with Crippen LogP contribution in [0.4, 0.5) is 11.4 Å². The van der Waals surface area contributed by atoms with E-state index in [9.17, 15) is 9.59 Å². The van der Waals surface area contributed by atoms with E-state index in [4.69, 9.17) is 0 Å². The first-order chi connectivity index (χ1) is 8.80. The maximum Gasteiger partial charge on any atom is 0.234 e. The Labute approximate surface area is 114 Å². The van der Waals surface area contributed by atoms with Crippen LogP contribution in [0.2, 0.25) is 0 Å². The second-order valence-electron chi connectivity index (χ2n) is 6.05. The minimum absolute atomic E-state index is 0.112. The van der Waals surface area contributed by atoms with Gasteiger partial charge in [-0.15, -0.1) is 0 Å². The van der Waals surface area contributed by atoms with Crippen LogP contribution in [-0.2, 0) is 9.59 Å². The van der Waals surface area contributed by atoms with Gasteiger partial charge in [-0.2, -0.15) is 0 Å². The van der Waals surface area contributed by atoms with Crippen molar-refractivity contribution in [1.82, 2.24) is 0 Å².